The number of aromatic nitrogens is 1. The number of rotatable bonds is 0. The Balaban J connectivity index is 0.000000720. The maximum atomic E-state index is 11.1. The third kappa shape index (κ3) is 1.61. The average Bonchev–Trinajstić information content (AvgIpc) is 2.06. The van der Waals surface area contributed by atoms with Crippen LogP contribution >= 0.6 is 0 Å². The van der Waals surface area contributed by atoms with Gasteiger partial charge in [-0.05, 0) is 17.9 Å². The summed E-state index contributed by atoms with van der Waals surface area (Å²) < 4.78 is 0. The standard InChI is InChI=1S/C9H7NO.Na/c11-8-5-1-3-7-4-2-6-10-9(7)8;/h1-6,11H;/q;+1. The first-order valence-corrected chi connectivity index (χ1v) is 3.44. The van der Waals surface area contributed by atoms with E-state index in [1.165, 1.54) is 0 Å². The number of hydrogen-bond acceptors (Lipinski definition) is 1. The minimum Gasteiger partial charge on any atom is -0.868 e. The Hall–Kier alpha value is -0.570. The van der Waals surface area contributed by atoms with Gasteiger partial charge in [0.05, 0.1) is 0 Å². The SMILES string of the molecule is [Na+].[O-]c1cccc2ccc[nH+]c12. The normalized spacial score (nSPS) is 9.33. The Morgan fingerprint density at radius 3 is 2.58 bits per heavy atom. The smallest absolute Gasteiger partial charge is 0.868 e. The van der Waals surface area contributed by atoms with E-state index in [9.17, 15) is 5.11 Å². The number of nitrogens with one attached hydrogen (secondary N) is 1. The third-order valence-corrected chi connectivity index (χ3v) is 1.66. The van der Waals surface area contributed by atoms with E-state index in [0.717, 1.165) is 5.39 Å². The maximum Gasteiger partial charge on any atom is 1.00 e. The molecule has 1 heterocycles. The second-order valence-electron chi connectivity index (χ2n) is 2.39. The average molecular weight is 168 g/mol. The molecule has 0 aliphatic carbocycles. The summed E-state index contributed by atoms with van der Waals surface area (Å²) in [4.78, 5) is 2.91. The molecular weight excluding hydrogens is 161 g/mol. The molecule has 1 aromatic carbocycles. The molecule has 0 saturated heterocycles. The van der Waals surface area contributed by atoms with Gasteiger partial charge < -0.3 is 5.11 Å². The van der Waals surface area contributed by atoms with Crippen LogP contribution in [0.3, 0.4) is 0 Å². The molecule has 0 saturated carbocycles. The second-order valence-corrected chi connectivity index (χ2v) is 2.39. The first kappa shape index (κ1) is 9.52. The predicted molar refractivity (Wildman–Crippen MR) is 39.9 cm³/mol. The topological polar surface area (TPSA) is 37.2 Å². The van der Waals surface area contributed by atoms with E-state index in [1.807, 2.05) is 18.2 Å². The van der Waals surface area contributed by atoms with Crippen LogP contribution in [0.4, 0.5) is 0 Å². The maximum absolute atomic E-state index is 11.1. The van der Waals surface area contributed by atoms with Crippen molar-refractivity contribution in [2.24, 2.45) is 0 Å². The van der Waals surface area contributed by atoms with Crippen molar-refractivity contribution >= 4 is 10.9 Å². The Morgan fingerprint density at radius 2 is 1.83 bits per heavy atom. The van der Waals surface area contributed by atoms with E-state index < -0.39 is 0 Å². The quantitative estimate of drug-likeness (QED) is 0.409. The van der Waals surface area contributed by atoms with Crippen molar-refractivity contribution in [2.45, 2.75) is 0 Å². The van der Waals surface area contributed by atoms with Gasteiger partial charge in [0.1, 0.15) is 0 Å². The fraction of sp³-hybridized carbons (Fsp3) is 0. The molecule has 0 unspecified atom stereocenters. The van der Waals surface area contributed by atoms with Gasteiger partial charge in [0.25, 0.3) is 0 Å². The summed E-state index contributed by atoms with van der Waals surface area (Å²) >= 11 is 0. The monoisotopic (exact) mass is 168 g/mol. The van der Waals surface area contributed by atoms with Gasteiger partial charge in [-0.15, -0.1) is 0 Å². The number of fused-ring (bicyclic) bond motifs is 1. The summed E-state index contributed by atoms with van der Waals surface area (Å²) in [6.07, 6.45) is 1.75. The number of benzene rings is 1. The molecule has 0 bridgehead atoms. The second kappa shape index (κ2) is 3.90. The van der Waals surface area contributed by atoms with Gasteiger partial charge in [0.15, 0.2) is 6.20 Å². The summed E-state index contributed by atoms with van der Waals surface area (Å²) in [5, 5.41) is 12.1. The zero-order chi connectivity index (χ0) is 7.68. The van der Waals surface area contributed by atoms with Crippen molar-refractivity contribution in [3.8, 4) is 5.75 Å². The molecule has 0 spiro atoms. The number of H-pyrrole nitrogens is 1. The molecule has 0 radical (unpaired) electrons. The Bertz CT molecular complexity index is 384. The van der Waals surface area contributed by atoms with Crippen molar-refractivity contribution < 1.29 is 39.6 Å². The molecule has 0 aliphatic rings. The minimum atomic E-state index is 0. The molecule has 3 heteroatoms. The van der Waals surface area contributed by atoms with Crippen LogP contribution in [-0.2, 0) is 0 Å². The van der Waals surface area contributed by atoms with Crippen LogP contribution in [0.25, 0.3) is 10.9 Å². The molecular formula is C9H7NNaO+. The Morgan fingerprint density at radius 1 is 1.08 bits per heavy atom. The van der Waals surface area contributed by atoms with Gasteiger partial charge in [0, 0.05) is 11.5 Å². The van der Waals surface area contributed by atoms with Crippen LogP contribution in [0.5, 0.6) is 5.75 Å². The number of aromatic amines is 1. The fourth-order valence-corrected chi connectivity index (χ4v) is 1.12. The summed E-state index contributed by atoms with van der Waals surface area (Å²) in [6, 6.07) is 9.01. The van der Waals surface area contributed by atoms with E-state index in [0.29, 0.717) is 5.52 Å². The van der Waals surface area contributed by atoms with Crippen LogP contribution in [0, 0.1) is 0 Å². The summed E-state index contributed by atoms with van der Waals surface area (Å²) in [7, 11) is 0. The van der Waals surface area contributed by atoms with Crippen LogP contribution in [0.15, 0.2) is 36.5 Å². The molecule has 1 N–H and O–H groups in total. The van der Waals surface area contributed by atoms with Crippen LogP contribution < -0.4 is 39.6 Å². The van der Waals surface area contributed by atoms with E-state index in [1.54, 1.807) is 18.3 Å². The Labute approximate surface area is 92.5 Å². The molecule has 0 fully saturated rings. The number of para-hydroxylation sites is 1. The summed E-state index contributed by atoms with van der Waals surface area (Å²) in [6.45, 7) is 0. The molecule has 2 aromatic rings. The largest absolute Gasteiger partial charge is 1.00 e. The first-order chi connectivity index (χ1) is 5.38. The van der Waals surface area contributed by atoms with Crippen molar-refractivity contribution in [3.05, 3.63) is 36.5 Å². The minimum absolute atomic E-state index is 0. The van der Waals surface area contributed by atoms with Crippen molar-refractivity contribution in [1.82, 2.24) is 0 Å². The molecule has 12 heavy (non-hydrogen) atoms. The third-order valence-electron chi connectivity index (χ3n) is 1.66. The first-order valence-electron chi connectivity index (χ1n) is 3.44. The number of pyridine rings is 1. The molecule has 0 atom stereocenters. The van der Waals surface area contributed by atoms with Gasteiger partial charge in [-0.1, -0.05) is 12.1 Å². The summed E-state index contributed by atoms with van der Waals surface area (Å²) in [5.74, 6) is 0.0445. The molecule has 54 valence electrons. The van der Waals surface area contributed by atoms with Crippen molar-refractivity contribution in [1.29, 1.82) is 0 Å². The van der Waals surface area contributed by atoms with Crippen LogP contribution in [0.2, 0.25) is 0 Å². The fourth-order valence-electron chi connectivity index (χ4n) is 1.12. The van der Waals surface area contributed by atoms with Gasteiger partial charge in [-0.3, -0.25) is 0 Å². The van der Waals surface area contributed by atoms with E-state index in [2.05, 4.69) is 4.98 Å². The molecule has 2 rings (SSSR count). The zero-order valence-electron chi connectivity index (χ0n) is 6.87. The molecule has 1 aromatic heterocycles. The van der Waals surface area contributed by atoms with Gasteiger partial charge in [0.2, 0.25) is 5.52 Å². The van der Waals surface area contributed by atoms with Gasteiger partial charge in [-0.25, -0.2) is 4.98 Å². The zero-order valence-corrected chi connectivity index (χ0v) is 8.87. The van der Waals surface area contributed by atoms with Crippen LogP contribution in [-0.4, -0.2) is 0 Å². The Kier molecular flexibility index (Phi) is 3.09. The van der Waals surface area contributed by atoms with Crippen LogP contribution in [0.1, 0.15) is 0 Å². The van der Waals surface area contributed by atoms with Crippen molar-refractivity contribution in [2.75, 3.05) is 0 Å². The van der Waals surface area contributed by atoms with E-state index >= 15 is 0 Å². The number of hydrogen-bond donors (Lipinski definition) is 0. The van der Waals surface area contributed by atoms with Gasteiger partial charge >= 0.3 is 29.6 Å². The van der Waals surface area contributed by atoms with E-state index in [-0.39, 0.29) is 35.3 Å². The van der Waals surface area contributed by atoms with Gasteiger partial charge in [-0.2, -0.15) is 0 Å². The van der Waals surface area contributed by atoms with Crippen molar-refractivity contribution in [3.63, 3.8) is 0 Å². The summed E-state index contributed by atoms with van der Waals surface area (Å²) in [5.41, 5.74) is 0.676. The van der Waals surface area contributed by atoms with E-state index in [4.69, 9.17) is 0 Å². The predicted octanol–water partition coefficient (Wildman–Crippen LogP) is -2.27. The molecule has 0 aliphatic heterocycles. The molecule has 0 amide bonds. The molecule has 2 nitrogen and oxygen atoms in total.